The van der Waals surface area contributed by atoms with Crippen molar-refractivity contribution in [1.29, 1.82) is 0 Å². The summed E-state index contributed by atoms with van der Waals surface area (Å²) in [5.74, 6) is -0.566. The molecule has 32 heavy (non-hydrogen) atoms. The van der Waals surface area contributed by atoms with Crippen LogP contribution in [-0.2, 0) is 21.3 Å². The summed E-state index contributed by atoms with van der Waals surface area (Å²) in [6.45, 7) is 5.63. The molecule has 0 radical (unpaired) electrons. The number of rotatable bonds is 5. The Kier molecular flexibility index (Phi) is 6.09. The van der Waals surface area contributed by atoms with E-state index in [-0.39, 0.29) is 10.5 Å². The average Bonchev–Trinajstić information content (AvgIpc) is 2.80. The number of morpholine rings is 1. The molecule has 1 fully saturated rings. The van der Waals surface area contributed by atoms with Crippen molar-refractivity contribution in [2.75, 3.05) is 31.6 Å². The number of ether oxygens (including phenoxy) is 1. The Morgan fingerprint density at radius 3 is 2.47 bits per heavy atom. The quantitative estimate of drug-likeness (QED) is 0.629. The average molecular weight is 457 g/mol. The largest absolute Gasteiger partial charge is 0.379 e. The van der Waals surface area contributed by atoms with Crippen LogP contribution in [0.5, 0.6) is 0 Å². The van der Waals surface area contributed by atoms with Crippen LogP contribution in [0.25, 0.3) is 11.0 Å². The van der Waals surface area contributed by atoms with Crippen molar-refractivity contribution in [2.45, 2.75) is 25.3 Å². The van der Waals surface area contributed by atoms with Gasteiger partial charge in [0.1, 0.15) is 11.2 Å². The third-order valence-corrected chi connectivity index (χ3v) is 7.28. The summed E-state index contributed by atoms with van der Waals surface area (Å²) in [5, 5.41) is 3.06. The van der Waals surface area contributed by atoms with Crippen molar-refractivity contribution >= 4 is 32.7 Å². The Morgan fingerprint density at radius 2 is 1.81 bits per heavy atom. The molecule has 168 valence electrons. The Bertz CT molecular complexity index is 1330. The number of benzene rings is 1. The predicted molar refractivity (Wildman–Crippen MR) is 120 cm³/mol. The number of aromatic nitrogens is 2. The molecule has 2 aromatic heterocycles. The van der Waals surface area contributed by atoms with Crippen molar-refractivity contribution in [1.82, 2.24) is 13.9 Å². The van der Waals surface area contributed by atoms with E-state index in [1.807, 2.05) is 13.8 Å². The van der Waals surface area contributed by atoms with Crippen molar-refractivity contribution in [3.63, 3.8) is 0 Å². The van der Waals surface area contributed by atoms with E-state index in [1.54, 1.807) is 16.7 Å². The van der Waals surface area contributed by atoms with Crippen LogP contribution in [0.4, 0.5) is 5.69 Å². The normalized spacial score (nSPS) is 15.1. The van der Waals surface area contributed by atoms with Gasteiger partial charge in [0.05, 0.1) is 23.5 Å². The maximum atomic E-state index is 12.9. The van der Waals surface area contributed by atoms with E-state index in [4.69, 9.17) is 4.74 Å². The third-order valence-electron chi connectivity index (χ3n) is 5.37. The molecule has 0 bridgehead atoms. The number of nitrogens with one attached hydrogen (secondary N) is 1. The van der Waals surface area contributed by atoms with Crippen LogP contribution >= 0.6 is 0 Å². The molecule has 1 aliphatic rings. The molecule has 0 spiro atoms. The maximum Gasteiger partial charge on any atom is 0.261 e. The zero-order valence-corrected chi connectivity index (χ0v) is 18.7. The van der Waals surface area contributed by atoms with Crippen LogP contribution in [0.15, 0.2) is 52.3 Å². The third kappa shape index (κ3) is 4.16. The first-order valence-corrected chi connectivity index (χ1v) is 11.8. The summed E-state index contributed by atoms with van der Waals surface area (Å²) in [6, 6.07) is 9.31. The van der Waals surface area contributed by atoms with Crippen molar-refractivity contribution < 1.29 is 17.9 Å². The molecule has 0 atom stereocenters. The summed E-state index contributed by atoms with van der Waals surface area (Å²) < 4.78 is 33.8. The van der Waals surface area contributed by atoms with E-state index in [0.717, 1.165) is 5.69 Å². The van der Waals surface area contributed by atoms with Gasteiger partial charge < -0.3 is 14.6 Å². The smallest absolute Gasteiger partial charge is 0.261 e. The first kappa shape index (κ1) is 22.1. The number of sulfonamides is 1. The number of carbonyl (C=O) groups is 1. The minimum Gasteiger partial charge on any atom is -0.379 e. The lowest BCUT2D eigenvalue weighted by Gasteiger charge is -2.26. The number of hydrogen-bond donors (Lipinski definition) is 1. The molecule has 0 aliphatic carbocycles. The Balaban J connectivity index is 1.59. The Morgan fingerprint density at radius 1 is 1.12 bits per heavy atom. The van der Waals surface area contributed by atoms with Gasteiger partial charge in [-0.3, -0.25) is 9.59 Å². The molecule has 1 aromatic carbocycles. The van der Waals surface area contributed by atoms with Crippen molar-refractivity contribution in [3.05, 3.63) is 64.1 Å². The van der Waals surface area contributed by atoms with Crippen LogP contribution in [0, 0.1) is 6.92 Å². The first-order chi connectivity index (χ1) is 15.3. The number of pyridine rings is 2. The highest BCUT2D eigenvalue weighted by Crippen LogP contribution is 2.20. The van der Waals surface area contributed by atoms with E-state index in [9.17, 15) is 18.0 Å². The molecule has 0 unspecified atom stereocenters. The summed E-state index contributed by atoms with van der Waals surface area (Å²) in [6.07, 6.45) is 1.50. The second-order valence-corrected chi connectivity index (χ2v) is 9.41. The fourth-order valence-corrected chi connectivity index (χ4v) is 5.02. The molecule has 3 heterocycles. The fourth-order valence-electron chi connectivity index (χ4n) is 3.61. The van der Waals surface area contributed by atoms with Gasteiger partial charge in [0.15, 0.2) is 0 Å². The fraction of sp³-hybridized carbons (Fsp3) is 0.318. The summed E-state index contributed by atoms with van der Waals surface area (Å²) in [5.41, 5.74) is 1.30. The highest BCUT2D eigenvalue weighted by atomic mass is 32.2. The summed E-state index contributed by atoms with van der Waals surface area (Å²) in [4.78, 5) is 30.3. The van der Waals surface area contributed by atoms with Crippen LogP contribution < -0.4 is 10.7 Å². The molecule has 3 aromatic rings. The molecule has 1 aliphatic heterocycles. The van der Waals surface area contributed by atoms with E-state index in [1.165, 1.54) is 34.8 Å². The zero-order chi connectivity index (χ0) is 22.9. The lowest BCUT2D eigenvalue weighted by molar-refractivity contribution is 0.0730. The van der Waals surface area contributed by atoms with Crippen LogP contribution in [0.2, 0.25) is 0 Å². The van der Waals surface area contributed by atoms with Gasteiger partial charge in [0.25, 0.3) is 5.91 Å². The lowest BCUT2D eigenvalue weighted by atomic mass is 10.1. The van der Waals surface area contributed by atoms with E-state index in [2.05, 4.69) is 10.3 Å². The van der Waals surface area contributed by atoms with Crippen LogP contribution in [0.1, 0.15) is 23.0 Å². The van der Waals surface area contributed by atoms with Gasteiger partial charge in [-0.05, 0) is 50.2 Å². The van der Waals surface area contributed by atoms with Gasteiger partial charge in [0.2, 0.25) is 15.5 Å². The number of amides is 1. The Hall–Kier alpha value is -3.08. The van der Waals surface area contributed by atoms with E-state index >= 15 is 0 Å². The minimum atomic E-state index is -3.62. The number of carbonyl (C=O) groups excluding carboxylic acids is 1. The lowest BCUT2D eigenvalue weighted by Crippen LogP contribution is -2.40. The van der Waals surface area contributed by atoms with Gasteiger partial charge in [-0.2, -0.15) is 4.31 Å². The number of anilines is 1. The van der Waals surface area contributed by atoms with Crippen LogP contribution in [0.3, 0.4) is 0 Å². The SMILES string of the molecule is CCn1cc(C(=O)Nc2ccc(S(=O)(=O)N3CCOCC3)cc2)c(=O)c2ccc(C)nc21. The molecule has 1 amide bonds. The standard InChI is InChI=1S/C22H24N4O5S/c1-3-25-14-19(20(27)18-9-4-15(2)23-21(18)25)22(28)24-16-5-7-17(8-6-16)32(29,30)26-10-12-31-13-11-26/h4-9,14H,3,10-13H2,1-2H3,(H,24,28). The van der Waals surface area contributed by atoms with E-state index in [0.29, 0.717) is 49.6 Å². The Labute approximate surface area is 185 Å². The van der Waals surface area contributed by atoms with Gasteiger partial charge in [-0.15, -0.1) is 0 Å². The highest BCUT2D eigenvalue weighted by Gasteiger charge is 2.26. The molecular weight excluding hydrogens is 432 g/mol. The van der Waals surface area contributed by atoms with Gasteiger partial charge in [-0.25, -0.2) is 13.4 Å². The molecule has 10 heteroatoms. The van der Waals surface area contributed by atoms with Gasteiger partial charge in [-0.1, -0.05) is 0 Å². The highest BCUT2D eigenvalue weighted by molar-refractivity contribution is 7.89. The number of aryl methyl sites for hydroxylation is 2. The van der Waals surface area contributed by atoms with Crippen LogP contribution in [-0.4, -0.2) is 54.5 Å². The molecule has 0 saturated carbocycles. The van der Waals surface area contributed by atoms with Crippen molar-refractivity contribution in [3.8, 4) is 0 Å². The second kappa shape index (κ2) is 8.81. The number of hydrogen-bond acceptors (Lipinski definition) is 6. The number of nitrogens with zero attached hydrogens (tertiary/aromatic N) is 3. The predicted octanol–water partition coefficient (Wildman–Crippen LogP) is 2.00. The topological polar surface area (TPSA) is 111 Å². The molecule has 1 N–H and O–H groups in total. The number of fused-ring (bicyclic) bond motifs is 1. The van der Waals surface area contributed by atoms with E-state index < -0.39 is 21.4 Å². The first-order valence-electron chi connectivity index (χ1n) is 10.3. The molecule has 4 rings (SSSR count). The van der Waals surface area contributed by atoms with Crippen molar-refractivity contribution in [2.24, 2.45) is 0 Å². The minimum absolute atomic E-state index is 0.00461. The second-order valence-electron chi connectivity index (χ2n) is 7.48. The molecule has 9 nitrogen and oxygen atoms in total. The zero-order valence-electron chi connectivity index (χ0n) is 17.9. The molecule has 1 saturated heterocycles. The van der Waals surface area contributed by atoms with Gasteiger partial charge in [0, 0.05) is 37.2 Å². The summed E-state index contributed by atoms with van der Waals surface area (Å²) in [7, 11) is -3.62. The monoisotopic (exact) mass is 456 g/mol. The summed E-state index contributed by atoms with van der Waals surface area (Å²) >= 11 is 0. The molecular formula is C22H24N4O5S. The maximum absolute atomic E-state index is 12.9. The van der Waals surface area contributed by atoms with Gasteiger partial charge >= 0.3 is 0 Å².